The van der Waals surface area contributed by atoms with Crippen molar-refractivity contribution in [2.45, 2.75) is 31.6 Å². The molecule has 0 heterocycles. The fraction of sp³-hybridized carbons (Fsp3) is 0.500. The smallest absolute Gasteiger partial charge is 0.248 e. The van der Waals surface area contributed by atoms with Crippen molar-refractivity contribution in [3.05, 3.63) is 29.8 Å². The maximum absolute atomic E-state index is 13.4. The van der Waals surface area contributed by atoms with Gasteiger partial charge in [0.05, 0.1) is 5.69 Å². The lowest BCUT2D eigenvalue weighted by Crippen LogP contribution is -2.28. The highest BCUT2D eigenvalue weighted by atomic mass is 19.3. The molecule has 116 valence electrons. The third-order valence-electron chi connectivity index (χ3n) is 3.55. The van der Waals surface area contributed by atoms with Crippen LogP contribution in [-0.2, 0) is 0 Å². The van der Waals surface area contributed by atoms with Crippen molar-refractivity contribution in [1.82, 2.24) is 0 Å². The minimum Gasteiger partial charge on any atom is -0.370 e. The molecule has 1 aromatic carbocycles. The SMILES string of the molecule is NC(=NCC1CCC(F)(F)CC1)Nc1cc(F)ccc1F. The Labute approximate surface area is 120 Å². The van der Waals surface area contributed by atoms with Crippen LogP contribution in [0.4, 0.5) is 23.2 Å². The number of hydrogen-bond acceptors (Lipinski definition) is 1. The number of guanidine groups is 1. The van der Waals surface area contributed by atoms with E-state index in [1.54, 1.807) is 0 Å². The highest BCUT2D eigenvalue weighted by Crippen LogP contribution is 2.36. The van der Waals surface area contributed by atoms with Gasteiger partial charge in [0.2, 0.25) is 5.92 Å². The van der Waals surface area contributed by atoms with E-state index < -0.39 is 17.6 Å². The van der Waals surface area contributed by atoms with Crippen LogP contribution in [0.25, 0.3) is 0 Å². The molecule has 7 heteroatoms. The zero-order valence-corrected chi connectivity index (χ0v) is 11.4. The fourth-order valence-electron chi connectivity index (χ4n) is 2.28. The van der Waals surface area contributed by atoms with Crippen LogP contribution in [0.15, 0.2) is 23.2 Å². The van der Waals surface area contributed by atoms with Gasteiger partial charge in [0.1, 0.15) is 11.6 Å². The number of nitrogens with one attached hydrogen (secondary N) is 1. The lowest BCUT2D eigenvalue weighted by Gasteiger charge is -2.27. The van der Waals surface area contributed by atoms with Crippen LogP contribution in [0, 0.1) is 17.6 Å². The number of aliphatic imine (C=N–C) groups is 1. The topological polar surface area (TPSA) is 50.4 Å². The molecular formula is C14H17F4N3. The first-order chi connectivity index (χ1) is 9.85. The van der Waals surface area contributed by atoms with Crippen molar-refractivity contribution >= 4 is 11.6 Å². The van der Waals surface area contributed by atoms with E-state index in [-0.39, 0.29) is 30.4 Å². The normalized spacial score (nSPS) is 19.5. The Bertz CT molecular complexity index is 521. The molecular weight excluding hydrogens is 286 g/mol. The van der Waals surface area contributed by atoms with Gasteiger partial charge in [0.25, 0.3) is 0 Å². The van der Waals surface area contributed by atoms with E-state index in [9.17, 15) is 17.6 Å². The first-order valence-electron chi connectivity index (χ1n) is 6.75. The summed E-state index contributed by atoms with van der Waals surface area (Å²) in [4.78, 5) is 4.01. The molecule has 0 amide bonds. The van der Waals surface area contributed by atoms with Crippen LogP contribution in [0.5, 0.6) is 0 Å². The summed E-state index contributed by atoms with van der Waals surface area (Å²) in [6.45, 7) is 0.297. The second-order valence-corrected chi connectivity index (χ2v) is 5.27. The summed E-state index contributed by atoms with van der Waals surface area (Å²) in [6.07, 6.45) is 0.494. The van der Waals surface area contributed by atoms with E-state index in [0.29, 0.717) is 19.4 Å². The first kappa shape index (κ1) is 15.6. The average Bonchev–Trinajstić information content (AvgIpc) is 2.42. The van der Waals surface area contributed by atoms with E-state index in [4.69, 9.17) is 5.73 Å². The first-order valence-corrected chi connectivity index (χ1v) is 6.75. The number of rotatable bonds is 3. The predicted molar refractivity (Wildman–Crippen MR) is 73.4 cm³/mol. The molecule has 0 atom stereocenters. The van der Waals surface area contributed by atoms with Gasteiger partial charge in [-0.15, -0.1) is 0 Å². The van der Waals surface area contributed by atoms with Crippen LogP contribution in [0.1, 0.15) is 25.7 Å². The molecule has 0 aromatic heterocycles. The monoisotopic (exact) mass is 303 g/mol. The van der Waals surface area contributed by atoms with Crippen LogP contribution >= 0.6 is 0 Å². The van der Waals surface area contributed by atoms with Crippen LogP contribution in [0.2, 0.25) is 0 Å². The molecule has 1 aliphatic carbocycles. The van der Waals surface area contributed by atoms with Gasteiger partial charge >= 0.3 is 0 Å². The van der Waals surface area contributed by atoms with Gasteiger partial charge in [0, 0.05) is 25.5 Å². The number of halogens is 4. The summed E-state index contributed by atoms with van der Waals surface area (Å²) in [5, 5.41) is 2.47. The summed E-state index contributed by atoms with van der Waals surface area (Å²) in [6, 6.07) is 2.95. The zero-order chi connectivity index (χ0) is 15.5. The van der Waals surface area contributed by atoms with Crippen molar-refractivity contribution < 1.29 is 17.6 Å². The van der Waals surface area contributed by atoms with Crippen LogP contribution in [0.3, 0.4) is 0 Å². The quantitative estimate of drug-likeness (QED) is 0.510. The Morgan fingerprint density at radius 2 is 1.95 bits per heavy atom. The maximum atomic E-state index is 13.4. The minimum atomic E-state index is -2.57. The zero-order valence-electron chi connectivity index (χ0n) is 11.4. The highest BCUT2D eigenvalue weighted by Gasteiger charge is 2.34. The minimum absolute atomic E-state index is 0.0438. The van der Waals surface area contributed by atoms with E-state index >= 15 is 0 Å². The summed E-state index contributed by atoms with van der Waals surface area (Å²) in [5.74, 6) is -3.83. The molecule has 2 rings (SSSR count). The maximum Gasteiger partial charge on any atom is 0.248 e. The van der Waals surface area contributed by atoms with Crippen LogP contribution < -0.4 is 11.1 Å². The summed E-state index contributed by atoms with van der Waals surface area (Å²) >= 11 is 0. The van der Waals surface area contributed by atoms with E-state index in [1.165, 1.54) is 0 Å². The van der Waals surface area contributed by atoms with Crippen molar-refractivity contribution in [3.8, 4) is 0 Å². The van der Waals surface area contributed by atoms with Gasteiger partial charge in [-0.1, -0.05) is 0 Å². The van der Waals surface area contributed by atoms with E-state index in [1.807, 2.05) is 0 Å². The number of benzene rings is 1. The highest BCUT2D eigenvalue weighted by molar-refractivity contribution is 5.92. The lowest BCUT2D eigenvalue weighted by molar-refractivity contribution is -0.0446. The van der Waals surface area contributed by atoms with Crippen molar-refractivity contribution in [1.29, 1.82) is 0 Å². The van der Waals surface area contributed by atoms with Gasteiger partial charge in [-0.05, 0) is 30.9 Å². The summed E-state index contributed by atoms with van der Waals surface area (Å²) < 4.78 is 52.4. The third kappa shape index (κ3) is 4.61. The van der Waals surface area contributed by atoms with Gasteiger partial charge in [-0.25, -0.2) is 17.6 Å². The molecule has 1 aliphatic rings. The van der Waals surface area contributed by atoms with E-state index in [0.717, 1.165) is 18.2 Å². The molecule has 21 heavy (non-hydrogen) atoms. The molecule has 0 saturated heterocycles. The summed E-state index contributed by atoms with van der Waals surface area (Å²) in [5.41, 5.74) is 5.49. The lowest BCUT2D eigenvalue weighted by atomic mass is 9.87. The molecule has 0 spiro atoms. The van der Waals surface area contributed by atoms with Gasteiger partial charge < -0.3 is 11.1 Å². The fourth-order valence-corrected chi connectivity index (χ4v) is 2.28. The molecule has 1 saturated carbocycles. The number of alkyl halides is 2. The molecule has 0 unspecified atom stereocenters. The largest absolute Gasteiger partial charge is 0.370 e. The van der Waals surface area contributed by atoms with Gasteiger partial charge in [0.15, 0.2) is 5.96 Å². The Kier molecular flexibility index (Phi) is 4.69. The second-order valence-electron chi connectivity index (χ2n) is 5.27. The van der Waals surface area contributed by atoms with Gasteiger partial charge in [-0.3, -0.25) is 4.99 Å². The predicted octanol–water partition coefficient (Wildman–Crippen LogP) is 3.52. The standard InChI is InChI=1S/C14H17F4N3/c15-10-1-2-11(16)12(7-10)21-13(19)20-8-9-3-5-14(17,18)6-4-9/h1-2,7,9H,3-6,8H2,(H3,19,20,21). The molecule has 0 radical (unpaired) electrons. The van der Waals surface area contributed by atoms with Gasteiger partial charge in [-0.2, -0.15) is 0 Å². The Hall–Kier alpha value is -1.79. The van der Waals surface area contributed by atoms with E-state index in [2.05, 4.69) is 10.3 Å². The number of nitrogens with zero attached hydrogens (tertiary/aromatic N) is 1. The average molecular weight is 303 g/mol. The van der Waals surface area contributed by atoms with Crippen molar-refractivity contribution in [2.75, 3.05) is 11.9 Å². The molecule has 0 aliphatic heterocycles. The molecule has 3 N–H and O–H groups in total. The number of hydrogen-bond donors (Lipinski definition) is 2. The van der Waals surface area contributed by atoms with Crippen LogP contribution in [-0.4, -0.2) is 18.4 Å². The number of anilines is 1. The van der Waals surface area contributed by atoms with Crippen molar-refractivity contribution in [2.24, 2.45) is 16.6 Å². The molecule has 1 aromatic rings. The molecule has 1 fully saturated rings. The Morgan fingerprint density at radius 3 is 2.62 bits per heavy atom. The molecule has 3 nitrogen and oxygen atoms in total. The second kappa shape index (κ2) is 6.32. The Balaban J connectivity index is 1.88. The Morgan fingerprint density at radius 1 is 1.29 bits per heavy atom. The summed E-state index contributed by atoms with van der Waals surface area (Å²) in [7, 11) is 0. The van der Waals surface area contributed by atoms with Crippen molar-refractivity contribution in [3.63, 3.8) is 0 Å². The third-order valence-corrected chi connectivity index (χ3v) is 3.55. The number of nitrogens with two attached hydrogens (primary N) is 1. The molecule has 0 bridgehead atoms.